The predicted octanol–water partition coefficient (Wildman–Crippen LogP) is 2.67. The molecule has 0 spiro atoms. The number of hydrogen-bond donors (Lipinski definition) is 0. The Balaban J connectivity index is 2.04. The van der Waals surface area contributed by atoms with Gasteiger partial charge in [0.25, 0.3) is 0 Å². The second-order valence-electron chi connectivity index (χ2n) is 4.43. The van der Waals surface area contributed by atoms with E-state index in [0.29, 0.717) is 6.10 Å². The van der Waals surface area contributed by atoms with Crippen LogP contribution in [0, 0.1) is 0 Å². The highest BCUT2D eigenvalue weighted by Crippen LogP contribution is 2.15. The molecule has 1 aliphatic heterocycles. The van der Waals surface area contributed by atoms with Crippen LogP contribution >= 0.6 is 0 Å². The lowest BCUT2D eigenvalue weighted by Crippen LogP contribution is -2.17. The summed E-state index contributed by atoms with van der Waals surface area (Å²) in [6.07, 6.45) is 6.29. The Labute approximate surface area is 70.5 Å². The highest BCUT2D eigenvalue weighted by atomic mass is 28.3. The maximum absolute atomic E-state index is 5.10. The van der Waals surface area contributed by atoms with Crippen LogP contribution in [-0.2, 0) is 4.74 Å². The minimum absolute atomic E-state index is 0.563. The maximum Gasteiger partial charge on any atom is 0.0844 e. The Morgan fingerprint density at radius 3 is 2.45 bits per heavy atom. The van der Waals surface area contributed by atoms with E-state index in [1.54, 1.807) is 0 Å². The molecule has 1 heterocycles. The zero-order chi connectivity index (χ0) is 8.32. The van der Waals surface area contributed by atoms with E-state index in [9.17, 15) is 0 Å². The number of epoxide rings is 1. The summed E-state index contributed by atoms with van der Waals surface area (Å²) < 4.78 is 5.10. The van der Waals surface area contributed by atoms with Gasteiger partial charge in [0.05, 0.1) is 12.7 Å². The van der Waals surface area contributed by atoms with Crippen LogP contribution in [0.2, 0.25) is 25.7 Å². The summed E-state index contributed by atoms with van der Waals surface area (Å²) >= 11 is 0. The Morgan fingerprint density at radius 2 is 2.00 bits per heavy atom. The molecule has 0 aromatic carbocycles. The Bertz CT molecular complexity index is 142. The number of ether oxygens (including phenoxy) is 1. The van der Waals surface area contributed by atoms with Crippen molar-refractivity contribution in [1.82, 2.24) is 0 Å². The van der Waals surface area contributed by atoms with Gasteiger partial charge in [-0.3, -0.25) is 0 Å². The van der Waals surface area contributed by atoms with E-state index in [1.807, 2.05) is 0 Å². The minimum Gasteiger partial charge on any atom is -0.373 e. The fraction of sp³-hybridized carbons (Fsp3) is 0.778. The summed E-state index contributed by atoms with van der Waals surface area (Å²) in [7, 11) is -0.836. The van der Waals surface area contributed by atoms with Crippen LogP contribution in [0.5, 0.6) is 0 Å². The Morgan fingerprint density at radius 1 is 1.36 bits per heavy atom. The van der Waals surface area contributed by atoms with E-state index >= 15 is 0 Å². The summed E-state index contributed by atoms with van der Waals surface area (Å²) in [6.45, 7) is 8.16. The molecule has 0 saturated carbocycles. The van der Waals surface area contributed by atoms with Crippen LogP contribution in [0.4, 0.5) is 0 Å². The van der Waals surface area contributed by atoms with Crippen LogP contribution in [0.1, 0.15) is 6.42 Å². The van der Waals surface area contributed by atoms with Crippen LogP contribution in [-0.4, -0.2) is 20.8 Å². The summed E-state index contributed by atoms with van der Waals surface area (Å²) in [4.78, 5) is 0. The van der Waals surface area contributed by atoms with E-state index in [2.05, 4.69) is 31.8 Å². The van der Waals surface area contributed by atoms with Gasteiger partial charge in [-0.2, -0.15) is 0 Å². The van der Waals surface area contributed by atoms with Crippen molar-refractivity contribution in [3.63, 3.8) is 0 Å². The van der Waals surface area contributed by atoms with Crippen molar-refractivity contribution in [2.75, 3.05) is 6.61 Å². The van der Waals surface area contributed by atoms with E-state index in [1.165, 1.54) is 6.04 Å². The quantitative estimate of drug-likeness (QED) is 0.359. The van der Waals surface area contributed by atoms with Crippen LogP contribution in [0.15, 0.2) is 12.2 Å². The van der Waals surface area contributed by atoms with Gasteiger partial charge < -0.3 is 4.74 Å². The third-order valence-corrected chi connectivity index (χ3v) is 3.16. The van der Waals surface area contributed by atoms with E-state index in [-0.39, 0.29) is 0 Å². The molecule has 1 nitrogen and oxygen atoms in total. The number of hydrogen-bond acceptors (Lipinski definition) is 1. The van der Waals surface area contributed by atoms with E-state index in [4.69, 9.17) is 4.74 Å². The van der Waals surface area contributed by atoms with Gasteiger partial charge in [0.1, 0.15) is 0 Å². The molecule has 0 aliphatic carbocycles. The molecular formula is C9H18OSi. The van der Waals surface area contributed by atoms with Gasteiger partial charge >= 0.3 is 0 Å². The Kier molecular flexibility index (Phi) is 2.90. The third kappa shape index (κ3) is 5.22. The molecule has 0 bridgehead atoms. The maximum atomic E-state index is 5.10. The lowest BCUT2D eigenvalue weighted by Gasteiger charge is -2.11. The standard InChI is InChI=1S/C9H18OSi/c1-11(2,3)7-5-4-6-9-8-10-9/h4-5,9H,6-8H2,1-3H3/b5-4+. The minimum atomic E-state index is -0.836. The molecular weight excluding hydrogens is 152 g/mol. The van der Waals surface area contributed by atoms with Crippen molar-refractivity contribution in [3.05, 3.63) is 12.2 Å². The summed E-state index contributed by atoms with van der Waals surface area (Å²) in [5, 5.41) is 0. The molecule has 1 saturated heterocycles. The normalized spacial score (nSPS) is 24.5. The largest absolute Gasteiger partial charge is 0.373 e. The SMILES string of the molecule is C[Si](C)(C)C/C=C/CC1CO1. The lowest BCUT2D eigenvalue weighted by atomic mass is 10.3. The topological polar surface area (TPSA) is 12.5 Å². The molecule has 1 rings (SSSR count). The summed E-state index contributed by atoms with van der Waals surface area (Å²) in [5.41, 5.74) is 0. The van der Waals surface area contributed by atoms with Gasteiger partial charge in [-0.15, -0.1) is 0 Å². The highest BCUT2D eigenvalue weighted by molar-refractivity contribution is 6.76. The summed E-state index contributed by atoms with van der Waals surface area (Å²) in [5.74, 6) is 0. The van der Waals surface area contributed by atoms with Gasteiger partial charge in [-0.25, -0.2) is 0 Å². The lowest BCUT2D eigenvalue weighted by molar-refractivity contribution is 0.410. The van der Waals surface area contributed by atoms with Crippen molar-refractivity contribution in [1.29, 1.82) is 0 Å². The first-order valence-corrected chi connectivity index (χ1v) is 8.05. The van der Waals surface area contributed by atoms with Crippen LogP contribution < -0.4 is 0 Å². The highest BCUT2D eigenvalue weighted by Gasteiger charge is 2.20. The average Bonchev–Trinajstić information content (AvgIpc) is 2.60. The van der Waals surface area contributed by atoms with Crippen LogP contribution in [0.25, 0.3) is 0 Å². The third-order valence-electron chi connectivity index (χ3n) is 1.70. The van der Waals surface area contributed by atoms with Crippen molar-refractivity contribution < 1.29 is 4.74 Å². The molecule has 1 fully saturated rings. The zero-order valence-corrected chi connectivity index (χ0v) is 8.76. The predicted molar refractivity (Wildman–Crippen MR) is 51.7 cm³/mol. The first kappa shape index (κ1) is 9.01. The van der Waals surface area contributed by atoms with Gasteiger partial charge in [0, 0.05) is 8.07 Å². The van der Waals surface area contributed by atoms with Crippen molar-refractivity contribution in [2.45, 2.75) is 38.2 Å². The van der Waals surface area contributed by atoms with Crippen molar-refractivity contribution >= 4 is 8.07 Å². The first-order valence-electron chi connectivity index (χ1n) is 4.34. The number of allylic oxidation sites excluding steroid dienone is 1. The average molecular weight is 170 g/mol. The van der Waals surface area contributed by atoms with Crippen molar-refractivity contribution in [2.24, 2.45) is 0 Å². The molecule has 0 N–H and O–H groups in total. The molecule has 1 atom stereocenters. The fourth-order valence-corrected chi connectivity index (χ4v) is 1.76. The smallest absolute Gasteiger partial charge is 0.0844 e. The zero-order valence-electron chi connectivity index (χ0n) is 7.76. The molecule has 64 valence electrons. The van der Waals surface area contributed by atoms with Gasteiger partial charge in [-0.05, 0) is 12.5 Å². The summed E-state index contributed by atoms with van der Waals surface area (Å²) in [6, 6.07) is 1.31. The monoisotopic (exact) mass is 170 g/mol. The Hall–Kier alpha value is -0.0831. The molecule has 0 aromatic rings. The van der Waals surface area contributed by atoms with Crippen LogP contribution in [0.3, 0.4) is 0 Å². The molecule has 1 unspecified atom stereocenters. The first-order chi connectivity index (χ1) is 5.08. The van der Waals surface area contributed by atoms with Crippen molar-refractivity contribution in [3.8, 4) is 0 Å². The van der Waals surface area contributed by atoms with Gasteiger partial charge in [-0.1, -0.05) is 31.8 Å². The molecule has 0 amide bonds. The fourth-order valence-electron chi connectivity index (χ4n) is 0.889. The second-order valence-corrected chi connectivity index (χ2v) is 9.96. The number of rotatable bonds is 4. The molecule has 2 heteroatoms. The van der Waals surface area contributed by atoms with E-state index < -0.39 is 8.07 Å². The van der Waals surface area contributed by atoms with E-state index in [0.717, 1.165) is 13.0 Å². The van der Waals surface area contributed by atoms with Gasteiger partial charge in [0.15, 0.2) is 0 Å². The molecule has 1 aliphatic rings. The van der Waals surface area contributed by atoms with Gasteiger partial charge in [0.2, 0.25) is 0 Å². The second kappa shape index (κ2) is 3.54. The molecule has 11 heavy (non-hydrogen) atoms. The molecule has 0 radical (unpaired) electrons. The molecule has 0 aromatic heterocycles.